The van der Waals surface area contributed by atoms with Crippen molar-refractivity contribution in [1.29, 1.82) is 0 Å². The van der Waals surface area contributed by atoms with Crippen molar-refractivity contribution in [2.75, 3.05) is 35.5 Å². The first-order chi connectivity index (χ1) is 9.14. The van der Waals surface area contributed by atoms with E-state index in [1.54, 1.807) is 35.5 Å². The van der Waals surface area contributed by atoms with E-state index in [0.29, 0.717) is 6.04 Å². The van der Waals surface area contributed by atoms with Gasteiger partial charge in [0.15, 0.2) is 0 Å². The quantitative estimate of drug-likeness (QED) is 0.685. The Balaban J connectivity index is 2.86. The van der Waals surface area contributed by atoms with E-state index in [4.69, 9.17) is 22.8 Å². The first-order valence-corrected chi connectivity index (χ1v) is 7.94. The van der Waals surface area contributed by atoms with Crippen LogP contribution < -0.4 is 9.47 Å². The molecule has 0 spiro atoms. The maximum absolute atomic E-state index is 5.41. The van der Waals surface area contributed by atoms with E-state index in [1.165, 1.54) is 0 Å². The molecule has 1 aromatic rings. The summed E-state index contributed by atoms with van der Waals surface area (Å²) in [7, 11) is 5.57. The molecule has 6 heteroatoms. The first-order valence-electron chi connectivity index (χ1n) is 6.01. The minimum atomic E-state index is -2.56. The van der Waals surface area contributed by atoms with Crippen molar-refractivity contribution in [3.63, 3.8) is 0 Å². The average molecular weight is 286 g/mol. The number of hydrogen-bond donors (Lipinski definition) is 0. The monoisotopic (exact) mass is 286 g/mol. The second kappa shape index (κ2) is 7.49. The molecule has 0 aliphatic heterocycles. The van der Waals surface area contributed by atoms with E-state index in [9.17, 15) is 0 Å². The Morgan fingerprint density at radius 3 is 2.00 bits per heavy atom. The van der Waals surface area contributed by atoms with E-state index >= 15 is 0 Å². The zero-order valence-electron chi connectivity index (χ0n) is 12.2. The van der Waals surface area contributed by atoms with Crippen molar-refractivity contribution in [2.45, 2.75) is 12.5 Å². The van der Waals surface area contributed by atoms with Gasteiger partial charge in [0.25, 0.3) is 0 Å². The standard InChI is InChI=1S/C13H22O5Si/c1-14-12-6-7-13(15-2)11(10-12)8-9-19(16-3,17-4)18-5/h6-7,10H,8-9H2,1-5H3. The second-order valence-corrected chi connectivity index (χ2v) is 7.06. The largest absolute Gasteiger partial charge is 0.500 e. The lowest BCUT2D eigenvalue weighted by atomic mass is 10.1. The van der Waals surface area contributed by atoms with Gasteiger partial charge in [0, 0.05) is 27.4 Å². The van der Waals surface area contributed by atoms with Crippen molar-refractivity contribution in [2.24, 2.45) is 0 Å². The molecule has 0 saturated carbocycles. The number of benzene rings is 1. The highest BCUT2D eigenvalue weighted by Crippen LogP contribution is 2.27. The van der Waals surface area contributed by atoms with E-state index in [0.717, 1.165) is 23.5 Å². The smallest absolute Gasteiger partial charge is 0.497 e. The van der Waals surface area contributed by atoms with Crippen LogP contribution in [-0.2, 0) is 19.7 Å². The molecule has 1 rings (SSSR count). The molecule has 0 heterocycles. The lowest BCUT2D eigenvalue weighted by Gasteiger charge is -2.24. The lowest BCUT2D eigenvalue weighted by Crippen LogP contribution is -2.43. The zero-order chi connectivity index (χ0) is 14.3. The second-order valence-electron chi connectivity index (χ2n) is 3.97. The molecular formula is C13H22O5Si. The lowest BCUT2D eigenvalue weighted by molar-refractivity contribution is 0.123. The van der Waals surface area contributed by atoms with Gasteiger partial charge >= 0.3 is 8.80 Å². The highest BCUT2D eigenvalue weighted by Gasteiger charge is 2.37. The molecule has 0 saturated heterocycles. The number of ether oxygens (including phenoxy) is 2. The SMILES string of the molecule is COc1ccc(OC)c(CC[Si](OC)(OC)OC)c1. The number of aryl methyl sites for hydroxylation is 1. The highest BCUT2D eigenvalue weighted by molar-refractivity contribution is 6.60. The third-order valence-corrected chi connectivity index (χ3v) is 5.85. The van der Waals surface area contributed by atoms with Gasteiger partial charge in [-0.15, -0.1) is 0 Å². The Bertz CT molecular complexity index is 384. The summed E-state index contributed by atoms with van der Waals surface area (Å²) in [6.45, 7) is 0. The summed E-state index contributed by atoms with van der Waals surface area (Å²) in [6, 6.07) is 6.40. The molecule has 0 aliphatic carbocycles. The van der Waals surface area contributed by atoms with Crippen LogP contribution in [0.3, 0.4) is 0 Å². The van der Waals surface area contributed by atoms with Gasteiger partial charge in [-0.05, 0) is 30.2 Å². The topological polar surface area (TPSA) is 46.2 Å². The molecule has 1 aromatic carbocycles. The summed E-state index contributed by atoms with van der Waals surface area (Å²) in [5, 5.41) is 0. The molecular weight excluding hydrogens is 264 g/mol. The number of methoxy groups -OCH3 is 2. The molecule has 0 bridgehead atoms. The molecule has 0 radical (unpaired) electrons. The summed E-state index contributed by atoms with van der Waals surface area (Å²) in [6.07, 6.45) is 0.738. The Morgan fingerprint density at radius 2 is 1.53 bits per heavy atom. The van der Waals surface area contributed by atoms with Gasteiger partial charge in [-0.2, -0.15) is 0 Å². The minimum absolute atomic E-state index is 0.681. The predicted octanol–water partition coefficient (Wildman–Crippen LogP) is 2.12. The number of rotatable bonds is 8. The van der Waals surface area contributed by atoms with Gasteiger partial charge in [0.2, 0.25) is 0 Å². The van der Waals surface area contributed by atoms with Gasteiger partial charge in [0.05, 0.1) is 14.2 Å². The van der Waals surface area contributed by atoms with Crippen LogP contribution in [0.5, 0.6) is 11.5 Å². The fraction of sp³-hybridized carbons (Fsp3) is 0.538. The molecule has 0 aromatic heterocycles. The summed E-state index contributed by atoms with van der Waals surface area (Å²) >= 11 is 0. The minimum Gasteiger partial charge on any atom is -0.497 e. The van der Waals surface area contributed by atoms with Crippen molar-refractivity contribution < 1.29 is 22.8 Å². The normalized spacial score (nSPS) is 11.4. The predicted molar refractivity (Wildman–Crippen MR) is 74.8 cm³/mol. The fourth-order valence-electron chi connectivity index (χ4n) is 1.92. The average Bonchev–Trinajstić information content (AvgIpc) is 2.49. The van der Waals surface area contributed by atoms with Crippen molar-refractivity contribution in [1.82, 2.24) is 0 Å². The van der Waals surface area contributed by atoms with Gasteiger partial charge in [-0.3, -0.25) is 0 Å². The van der Waals surface area contributed by atoms with Gasteiger partial charge in [-0.25, -0.2) is 0 Å². The Hall–Kier alpha value is -1.08. The van der Waals surface area contributed by atoms with E-state index in [1.807, 2.05) is 18.2 Å². The van der Waals surface area contributed by atoms with Crippen molar-refractivity contribution in [3.05, 3.63) is 23.8 Å². The first kappa shape index (κ1) is 16.0. The van der Waals surface area contributed by atoms with E-state index in [2.05, 4.69) is 0 Å². The summed E-state index contributed by atoms with van der Waals surface area (Å²) < 4.78 is 26.8. The van der Waals surface area contributed by atoms with Gasteiger partial charge in [0.1, 0.15) is 11.5 Å². The van der Waals surface area contributed by atoms with Crippen LogP contribution in [0.4, 0.5) is 0 Å². The Kier molecular flexibility index (Phi) is 6.30. The van der Waals surface area contributed by atoms with Crippen LogP contribution in [0.1, 0.15) is 5.56 Å². The fourth-order valence-corrected chi connectivity index (χ4v) is 3.61. The maximum Gasteiger partial charge on any atom is 0.500 e. The molecule has 108 valence electrons. The van der Waals surface area contributed by atoms with Crippen LogP contribution in [0.25, 0.3) is 0 Å². The number of hydrogen-bond acceptors (Lipinski definition) is 5. The van der Waals surface area contributed by atoms with Crippen LogP contribution in [0, 0.1) is 0 Å². The van der Waals surface area contributed by atoms with Crippen LogP contribution >= 0.6 is 0 Å². The molecule has 0 amide bonds. The van der Waals surface area contributed by atoms with Crippen LogP contribution in [0.2, 0.25) is 6.04 Å². The van der Waals surface area contributed by atoms with E-state index in [-0.39, 0.29) is 0 Å². The third kappa shape index (κ3) is 3.94. The van der Waals surface area contributed by atoms with Crippen molar-refractivity contribution >= 4 is 8.80 Å². The zero-order valence-corrected chi connectivity index (χ0v) is 13.2. The summed E-state index contributed by atoms with van der Waals surface area (Å²) in [5.74, 6) is 1.63. The maximum atomic E-state index is 5.41. The van der Waals surface area contributed by atoms with E-state index < -0.39 is 8.80 Å². The molecule has 0 atom stereocenters. The molecule has 0 aliphatic rings. The van der Waals surface area contributed by atoms with Crippen LogP contribution in [-0.4, -0.2) is 44.4 Å². The van der Waals surface area contributed by atoms with Crippen molar-refractivity contribution in [3.8, 4) is 11.5 Å². The molecule has 0 fully saturated rings. The Labute approximate surface area is 115 Å². The Morgan fingerprint density at radius 1 is 0.895 bits per heavy atom. The highest BCUT2D eigenvalue weighted by atomic mass is 28.4. The third-order valence-electron chi connectivity index (χ3n) is 3.12. The molecule has 5 nitrogen and oxygen atoms in total. The summed E-state index contributed by atoms with van der Waals surface area (Å²) in [4.78, 5) is 0. The van der Waals surface area contributed by atoms with Crippen LogP contribution in [0.15, 0.2) is 18.2 Å². The molecule has 19 heavy (non-hydrogen) atoms. The molecule has 0 unspecified atom stereocenters. The van der Waals surface area contributed by atoms with Gasteiger partial charge < -0.3 is 22.8 Å². The van der Waals surface area contributed by atoms with Gasteiger partial charge in [-0.1, -0.05) is 0 Å². The molecule has 0 N–H and O–H groups in total. The summed E-state index contributed by atoms with van der Waals surface area (Å²) in [5.41, 5.74) is 1.05.